The van der Waals surface area contributed by atoms with Crippen LogP contribution in [0, 0.1) is 0 Å². The molecule has 1 aliphatic carbocycles. The zero-order valence-corrected chi connectivity index (χ0v) is 10.2. The molecule has 0 aromatic carbocycles. The average Bonchev–Trinajstić information content (AvgIpc) is 3.08. The van der Waals surface area contributed by atoms with Gasteiger partial charge >= 0.3 is 0 Å². The molecule has 1 heterocycles. The Morgan fingerprint density at radius 2 is 2.35 bits per heavy atom. The lowest BCUT2D eigenvalue weighted by atomic mass is 10.2. The Labute approximate surface area is 101 Å². The van der Waals surface area contributed by atoms with Gasteiger partial charge in [0.2, 0.25) is 0 Å². The fraction of sp³-hybridized carbons (Fsp3) is 0.385. The Bertz CT molecular complexity index is 442. The van der Waals surface area contributed by atoms with Crippen LogP contribution in [0.25, 0.3) is 0 Å². The zero-order chi connectivity index (χ0) is 12.4. The lowest BCUT2D eigenvalue weighted by molar-refractivity contribution is -0.117. The predicted molar refractivity (Wildman–Crippen MR) is 68.4 cm³/mol. The van der Waals surface area contributed by atoms with Crippen LogP contribution in [0.15, 0.2) is 41.3 Å². The van der Waals surface area contributed by atoms with Crippen LogP contribution >= 0.6 is 0 Å². The first-order valence-corrected chi connectivity index (χ1v) is 5.75. The van der Waals surface area contributed by atoms with Gasteiger partial charge in [-0.15, -0.1) is 0 Å². The van der Waals surface area contributed by atoms with Crippen LogP contribution in [0.5, 0.6) is 0 Å². The summed E-state index contributed by atoms with van der Waals surface area (Å²) in [5, 5.41) is 2.95. The van der Waals surface area contributed by atoms with Crippen molar-refractivity contribution in [3.63, 3.8) is 0 Å². The average molecular weight is 231 g/mol. The molecule has 2 rings (SSSR count). The van der Waals surface area contributed by atoms with Gasteiger partial charge in [-0.2, -0.15) is 0 Å². The molecule has 90 valence electrons. The number of nitrogens with one attached hydrogen (secondary N) is 1. The Balaban J connectivity index is 2.27. The van der Waals surface area contributed by atoms with Gasteiger partial charge in [0.05, 0.1) is 5.57 Å². The molecule has 1 aliphatic heterocycles. The molecule has 17 heavy (non-hydrogen) atoms. The van der Waals surface area contributed by atoms with Crippen molar-refractivity contribution in [2.75, 3.05) is 7.05 Å². The van der Waals surface area contributed by atoms with Crippen molar-refractivity contribution in [1.82, 2.24) is 10.2 Å². The molecule has 1 amide bonds. The third-order valence-electron chi connectivity index (χ3n) is 2.76. The molecule has 1 N–H and O–H groups in total. The van der Waals surface area contributed by atoms with Gasteiger partial charge < -0.3 is 10.2 Å². The largest absolute Gasteiger partial charge is 0.349 e. The molecule has 0 radical (unpaired) electrons. The summed E-state index contributed by atoms with van der Waals surface area (Å²) in [6.45, 7) is 5.61. The number of rotatable bonds is 3. The molecule has 4 heteroatoms. The summed E-state index contributed by atoms with van der Waals surface area (Å²) >= 11 is 0. The van der Waals surface area contributed by atoms with E-state index in [0.717, 1.165) is 18.6 Å². The van der Waals surface area contributed by atoms with Gasteiger partial charge in [0.15, 0.2) is 0 Å². The number of nitrogens with zero attached hydrogens (tertiary/aromatic N) is 2. The highest BCUT2D eigenvalue weighted by atomic mass is 16.1. The molecule has 0 atom stereocenters. The van der Waals surface area contributed by atoms with Gasteiger partial charge in [0.1, 0.15) is 5.82 Å². The molecule has 4 nitrogen and oxygen atoms in total. The lowest BCUT2D eigenvalue weighted by Gasteiger charge is -2.21. The first-order chi connectivity index (χ1) is 8.11. The van der Waals surface area contributed by atoms with E-state index in [4.69, 9.17) is 0 Å². The monoisotopic (exact) mass is 231 g/mol. The first kappa shape index (κ1) is 11.6. The number of hydrogen-bond donors (Lipinski definition) is 1. The highest BCUT2D eigenvalue weighted by Gasteiger charge is 2.26. The molecule has 0 bridgehead atoms. The van der Waals surface area contributed by atoms with Crippen molar-refractivity contribution in [3.8, 4) is 0 Å². The minimum absolute atomic E-state index is 0.0869. The number of allylic oxidation sites excluding steroid dienone is 1. The Kier molecular flexibility index (Phi) is 3.13. The summed E-state index contributed by atoms with van der Waals surface area (Å²) in [5.41, 5.74) is 1.42. The molecular formula is C13H17N3O. The minimum atomic E-state index is -0.0869. The van der Waals surface area contributed by atoms with Crippen molar-refractivity contribution in [2.24, 2.45) is 4.99 Å². The summed E-state index contributed by atoms with van der Waals surface area (Å²) in [7, 11) is 1.87. The molecule has 0 aromatic rings. The maximum absolute atomic E-state index is 12.0. The number of amides is 1. The van der Waals surface area contributed by atoms with E-state index < -0.39 is 0 Å². The molecular weight excluding hydrogens is 214 g/mol. The van der Waals surface area contributed by atoms with E-state index in [0.29, 0.717) is 17.4 Å². The lowest BCUT2D eigenvalue weighted by Crippen LogP contribution is -2.29. The second-order valence-electron chi connectivity index (χ2n) is 4.37. The highest BCUT2D eigenvalue weighted by Crippen LogP contribution is 2.21. The molecule has 2 aliphatic rings. The fourth-order valence-corrected chi connectivity index (χ4v) is 1.60. The number of aliphatic imine (C=N–C) groups is 1. The van der Waals surface area contributed by atoms with Gasteiger partial charge in [0.25, 0.3) is 5.91 Å². The van der Waals surface area contributed by atoms with E-state index in [1.165, 1.54) is 0 Å². The summed E-state index contributed by atoms with van der Waals surface area (Å²) in [6, 6.07) is 0.340. The first-order valence-electron chi connectivity index (χ1n) is 5.75. The highest BCUT2D eigenvalue weighted by molar-refractivity contribution is 5.99. The second-order valence-corrected chi connectivity index (χ2v) is 4.37. The molecule has 0 spiro atoms. The van der Waals surface area contributed by atoms with Crippen LogP contribution in [0.2, 0.25) is 0 Å². The van der Waals surface area contributed by atoms with Crippen LogP contribution in [-0.2, 0) is 4.79 Å². The number of carbonyl (C=O) groups excluding carboxylic acids is 1. The predicted octanol–water partition coefficient (Wildman–Crippen LogP) is 1.58. The van der Waals surface area contributed by atoms with Gasteiger partial charge in [-0.25, -0.2) is 4.99 Å². The van der Waals surface area contributed by atoms with Crippen LogP contribution < -0.4 is 5.32 Å². The van der Waals surface area contributed by atoms with Crippen LogP contribution in [0.4, 0.5) is 0 Å². The Morgan fingerprint density at radius 1 is 1.65 bits per heavy atom. The fourth-order valence-electron chi connectivity index (χ4n) is 1.60. The SMILES string of the molecule is C=C/C(C(=O)NC1CC1)=C1/N=C(C)C=CN1C. The van der Waals surface area contributed by atoms with E-state index in [1.54, 1.807) is 6.08 Å². The summed E-state index contributed by atoms with van der Waals surface area (Å²) < 4.78 is 0. The smallest absolute Gasteiger partial charge is 0.255 e. The molecule has 0 unspecified atom stereocenters. The van der Waals surface area contributed by atoms with E-state index >= 15 is 0 Å². The maximum atomic E-state index is 12.0. The Hall–Kier alpha value is -1.84. The standard InChI is InChI=1S/C13H17N3O/c1-4-11(13(17)15-10-5-6-10)12-14-9(2)7-8-16(12)3/h4,7-8,10H,1,5-6H2,2-3H3,(H,15,17)/b12-11+. The van der Waals surface area contributed by atoms with E-state index in [2.05, 4.69) is 16.9 Å². The van der Waals surface area contributed by atoms with Crippen molar-refractivity contribution >= 4 is 11.6 Å². The normalized spacial score (nSPS) is 22.0. The number of hydrogen-bond acceptors (Lipinski definition) is 3. The Morgan fingerprint density at radius 3 is 2.94 bits per heavy atom. The number of carbonyl (C=O) groups is 1. The topological polar surface area (TPSA) is 44.7 Å². The molecule has 0 saturated heterocycles. The summed E-state index contributed by atoms with van der Waals surface area (Å²) in [5.74, 6) is 0.564. The third kappa shape index (κ3) is 2.64. The van der Waals surface area contributed by atoms with Gasteiger partial charge in [-0.05, 0) is 25.8 Å². The van der Waals surface area contributed by atoms with Crippen molar-refractivity contribution < 1.29 is 4.79 Å². The molecule has 1 saturated carbocycles. The summed E-state index contributed by atoms with van der Waals surface area (Å²) in [6.07, 6.45) is 7.52. The second kappa shape index (κ2) is 4.57. The maximum Gasteiger partial charge on any atom is 0.255 e. The summed E-state index contributed by atoms with van der Waals surface area (Å²) in [4.78, 5) is 18.2. The molecule has 0 aromatic heterocycles. The zero-order valence-electron chi connectivity index (χ0n) is 10.2. The van der Waals surface area contributed by atoms with Crippen LogP contribution in [-0.4, -0.2) is 29.6 Å². The van der Waals surface area contributed by atoms with E-state index in [1.807, 2.05) is 31.1 Å². The van der Waals surface area contributed by atoms with Gasteiger partial charge in [0, 0.05) is 25.0 Å². The molecule has 1 fully saturated rings. The van der Waals surface area contributed by atoms with Crippen molar-refractivity contribution in [3.05, 3.63) is 36.3 Å². The van der Waals surface area contributed by atoms with E-state index in [-0.39, 0.29) is 5.91 Å². The van der Waals surface area contributed by atoms with Crippen LogP contribution in [0.1, 0.15) is 19.8 Å². The van der Waals surface area contributed by atoms with Crippen molar-refractivity contribution in [1.29, 1.82) is 0 Å². The van der Waals surface area contributed by atoms with Crippen molar-refractivity contribution in [2.45, 2.75) is 25.8 Å². The van der Waals surface area contributed by atoms with Gasteiger partial charge in [-0.3, -0.25) is 4.79 Å². The van der Waals surface area contributed by atoms with Gasteiger partial charge in [-0.1, -0.05) is 12.7 Å². The van der Waals surface area contributed by atoms with Crippen LogP contribution in [0.3, 0.4) is 0 Å². The third-order valence-corrected chi connectivity index (χ3v) is 2.76. The quantitative estimate of drug-likeness (QED) is 0.749. The minimum Gasteiger partial charge on any atom is -0.349 e. The van der Waals surface area contributed by atoms with E-state index in [9.17, 15) is 4.79 Å².